The number of hydrogen-bond acceptors (Lipinski definition) is 3. The predicted octanol–water partition coefficient (Wildman–Crippen LogP) is 3.88. The molecule has 0 spiro atoms. The molecule has 0 saturated heterocycles. The van der Waals surface area contributed by atoms with Crippen LogP contribution in [0, 0.1) is 13.8 Å². The molecule has 1 N–H and O–H groups in total. The van der Waals surface area contributed by atoms with Crippen LogP contribution in [0.15, 0.2) is 48.7 Å². The van der Waals surface area contributed by atoms with E-state index in [0.29, 0.717) is 18.6 Å². The number of rotatable bonds is 4. The van der Waals surface area contributed by atoms with Gasteiger partial charge in [-0.3, -0.25) is 9.48 Å². The topological polar surface area (TPSA) is 56.2 Å². The number of aromatic nitrogens is 2. The molecule has 4 rings (SSSR count). The molecular formula is C23H25N3O2. The van der Waals surface area contributed by atoms with Gasteiger partial charge in [0.15, 0.2) is 0 Å². The molecule has 0 radical (unpaired) electrons. The predicted molar refractivity (Wildman–Crippen MR) is 109 cm³/mol. The lowest BCUT2D eigenvalue weighted by Crippen LogP contribution is -2.33. The summed E-state index contributed by atoms with van der Waals surface area (Å²) in [5.41, 5.74) is 6.04. The Balaban J connectivity index is 1.59. The number of aryl methyl sites for hydroxylation is 3. The van der Waals surface area contributed by atoms with Crippen LogP contribution >= 0.6 is 0 Å². The minimum absolute atomic E-state index is 0.0559. The lowest BCUT2D eigenvalue weighted by molar-refractivity contribution is 0.0923. The molecule has 2 heterocycles. The van der Waals surface area contributed by atoms with Crippen LogP contribution in [0.3, 0.4) is 0 Å². The fraction of sp³-hybridized carbons (Fsp3) is 0.304. The van der Waals surface area contributed by atoms with Gasteiger partial charge in [0.05, 0.1) is 30.1 Å². The van der Waals surface area contributed by atoms with Crippen LogP contribution in [-0.4, -0.2) is 22.3 Å². The van der Waals surface area contributed by atoms with Crippen molar-refractivity contribution in [1.82, 2.24) is 15.1 Å². The van der Waals surface area contributed by atoms with Crippen LogP contribution in [0.2, 0.25) is 0 Å². The molecule has 0 saturated carbocycles. The van der Waals surface area contributed by atoms with Crippen LogP contribution in [0.25, 0.3) is 0 Å². The van der Waals surface area contributed by atoms with Gasteiger partial charge in [0.2, 0.25) is 0 Å². The van der Waals surface area contributed by atoms with Crippen molar-refractivity contribution in [2.45, 2.75) is 32.7 Å². The molecule has 0 bridgehead atoms. The molecule has 3 aromatic rings. The fourth-order valence-electron chi connectivity index (χ4n) is 3.91. The van der Waals surface area contributed by atoms with Gasteiger partial charge in [-0.05, 0) is 25.0 Å². The van der Waals surface area contributed by atoms with E-state index in [1.807, 2.05) is 25.2 Å². The molecule has 1 atom stereocenters. The second-order valence-electron chi connectivity index (χ2n) is 7.45. The summed E-state index contributed by atoms with van der Waals surface area (Å²) in [7, 11) is 1.88. The van der Waals surface area contributed by atoms with E-state index in [9.17, 15) is 4.79 Å². The summed E-state index contributed by atoms with van der Waals surface area (Å²) in [4.78, 5) is 13.1. The van der Waals surface area contributed by atoms with Crippen molar-refractivity contribution in [3.8, 4) is 5.75 Å². The molecule has 1 aliphatic rings. The van der Waals surface area contributed by atoms with Crippen molar-refractivity contribution >= 4 is 5.91 Å². The number of carbonyl (C=O) groups is 1. The van der Waals surface area contributed by atoms with E-state index >= 15 is 0 Å². The van der Waals surface area contributed by atoms with Gasteiger partial charge in [0.1, 0.15) is 5.75 Å². The minimum atomic E-state index is -0.0870. The van der Waals surface area contributed by atoms with E-state index in [1.54, 1.807) is 10.9 Å². The average Bonchev–Trinajstić information content (AvgIpc) is 3.04. The van der Waals surface area contributed by atoms with Gasteiger partial charge in [-0.2, -0.15) is 5.10 Å². The molecule has 28 heavy (non-hydrogen) atoms. The van der Waals surface area contributed by atoms with Gasteiger partial charge in [-0.25, -0.2) is 0 Å². The zero-order valence-electron chi connectivity index (χ0n) is 16.5. The maximum atomic E-state index is 13.1. The van der Waals surface area contributed by atoms with Gasteiger partial charge in [0, 0.05) is 25.5 Å². The first-order valence-electron chi connectivity index (χ1n) is 9.62. The Hall–Kier alpha value is -3.08. The number of fused-ring (bicyclic) bond motifs is 1. The minimum Gasteiger partial charge on any atom is -0.493 e. The highest BCUT2D eigenvalue weighted by Crippen LogP contribution is 2.36. The zero-order chi connectivity index (χ0) is 19.7. The van der Waals surface area contributed by atoms with Crippen LogP contribution in [0.4, 0.5) is 0 Å². The third-order valence-electron chi connectivity index (χ3n) is 5.30. The number of hydrogen-bond donors (Lipinski definition) is 1. The molecule has 0 fully saturated rings. The third kappa shape index (κ3) is 3.52. The molecule has 1 aliphatic heterocycles. The second kappa shape index (κ2) is 7.50. The van der Waals surface area contributed by atoms with E-state index in [2.05, 4.69) is 48.5 Å². The fourth-order valence-corrected chi connectivity index (χ4v) is 3.91. The first kappa shape index (κ1) is 18.3. The van der Waals surface area contributed by atoms with Crippen molar-refractivity contribution in [2.75, 3.05) is 6.61 Å². The van der Waals surface area contributed by atoms with Crippen molar-refractivity contribution in [3.05, 3.63) is 82.2 Å². The summed E-state index contributed by atoms with van der Waals surface area (Å²) < 4.78 is 7.65. The van der Waals surface area contributed by atoms with E-state index in [4.69, 9.17) is 4.74 Å². The molecule has 1 amide bonds. The molecular weight excluding hydrogens is 350 g/mol. The van der Waals surface area contributed by atoms with E-state index in [1.165, 1.54) is 5.56 Å². The van der Waals surface area contributed by atoms with Crippen molar-refractivity contribution in [2.24, 2.45) is 7.05 Å². The second-order valence-corrected chi connectivity index (χ2v) is 7.45. The lowest BCUT2D eigenvalue weighted by Gasteiger charge is -2.28. The Morgan fingerprint density at radius 3 is 2.82 bits per heavy atom. The van der Waals surface area contributed by atoms with Crippen molar-refractivity contribution in [1.29, 1.82) is 0 Å². The Labute approximate surface area is 165 Å². The summed E-state index contributed by atoms with van der Waals surface area (Å²) in [5.74, 6) is 0.814. The maximum absolute atomic E-state index is 13.1. The molecule has 2 aromatic carbocycles. The summed E-state index contributed by atoms with van der Waals surface area (Å²) in [6.45, 7) is 4.72. The van der Waals surface area contributed by atoms with Gasteiger partial charge in [-0.15, -0.1) is 0 Å². The molecule has 0 aliphatic carbocycles. The van der Waals surface area contributed by atoms with Crippen LogP contribution < -0.4 is 10.1 Å². The van der Waals surface area contributed by atoms with E-state index in [0.717, 1.165) is 34.6 Å². The number of carbonyl (C=O) groups excluding carboxylic acids is 1. The Morgan fingerprint density at radius 2 is 2.04 bits per heavy atom. The van der Waals surface area contributed by atoms with Crippen LogP contribution in [0.1, 0.15) is 50.8 Å². The number of nitrogens with one attached hydrogen (secondary N) is 1. The van der Waals surface area contributed by atoms with Crippen molar-refractivity contribution in [3.63, 3.8) is 0 Å². The summed E-state index contributed by atoms with van der Waals surface area (Å²) in [6.07, 6.45) is 3.09. The van der Waals surface area contributed by atoms with Gasteiger partial charge >= 0.3 is 0 Å². The molecule has 5 nitrogen and oxygen atoms in total. The molecule has 144 valence electrons. The third-order valence-corrected chi connectivity index (χ3v) is 5.30. The number of nitrogens with zero attached hydrogens (tertiary/aromatic N) is 2. The highest BCUT2D eigenvalue weighted by atomic mass is 16.5. The highest BCUT2D eigenvalue weighted by Gasteiger charge is 2.26. The Bertz CT molecular complexity index is 1010. The SMILES string of the molecule is Cc1cc(C)c2c(c1)[C@@H](NC(=O)c1cnn(C)c1Cc1ccccc1)CCO2. The van der Waals surface area contributed by atoms with E-state index in [-0.39, 0.29) is 11.9 Å². The molecule has 5 heteroatoms. The smallest absolute Gasteiger partial charge is 0.255 e. The van der Waals surface area contributed by atoms with Gasteiger partial charge < -0.3 is 10.1 Å². The Kier molecular flexibility index (Phi) is 4.90. The number of amides is 1. The van der Waals surface area contributed by atoms with Crippen LogP contribution in [-0.2, 0) is 13.5 Å². The lowest BCUT2D eigenvalue weighted by atomic mass is 9.95. The first-order chi connectivity index (χ1) is 13.5. The molecule has 0 unspecified atom stereocenters. The van der Waals surface area contributed by atoms with Gasteiger partial charge in [0.25, 0.3) is 5.91 Å². The highest BCUT2D eigenvalue weighted by molar-refractivity contribution is 5.95. The number of ether oxygens (including phenoxy) is 1. The van der Waals surface area contributed by atoms with Gasteiger partial charge in [-0.1, -0.05) is 48.0 Å². The standard InChI is InChI=1S/C23H25N3O2/c1-15-11-16(2)22-18(12-15)20(9-10-28-22)25-23(27)19-14-24-26(3)21(19)13-17-7-5-4-6-8-17/h4-8,11-12,14,20H,9-10,13H2,1-3H3,(H,25,27)/t20-/m0/s1. The van der Waals surface area contributed by atoms with Crippen LogP contribution in [0.5, 0.6) is 5.75 Å². The van der Waals surface area contributed by atoms with E-state index < -0.39 is 0 Å². The first-order valence-corrected chi connectivity index (χ1v) is 9.62. The zero-order valence-corrected chi connectivity index (χ0v) is 16.5. The largest absolute Gasteiger partial charge is 0.493 e. The monoisotopic (exact) mass is 375 g/mol. The molecule has 1 aromatic heterocycles. The summed E-state index contributed by atoms with van der Waals surface area (Å²) >= 11 is 0. The quantitative estimate of drug-likeness (QED) is 0.753. The average molecular weight is 375 g/mol. The summed E-state index contributed by atoms with van der Waals surface area (Å²) in [5, 5.41) is 7.54. The summed E-state index contributed by atoms with van der Waals surface area (Å²) in [6, 6.07) is 14.3. The Morgan fingerprint density at radius 1 is 1.25 bits per heavy atom. The normalized spacial score (nSPS) is 15.6. The maximum Gasteiger partial charge on any atom is 0.255 e. The number of benzene rings is 2. The van der Waals surface area contributed by atoms with Crippen molar-refractivity contribution < 1.29 is 9.53 Å².